The van der Waals surface area contributed by atoms with Crippen molar-refractivity contribution in [3.05, 3.63) is 65.2 Å². The molecule has 0 radical (unpaired) electrons. The fourth-order valence-corrected chi connectivity index (χ4v) is 2.20. The monoisotopic (exact) mass is 348 g/mol. The summed E-state index contributed by atoms with van der Waals surface area (Å²) < 4.78 is 4.57. The second kappa shape index (κ2) is 8.33. The van der Waals surface area contributed by atoms with Gasteiger partial charge < -0.3 is 20.4 Å². The minimum Gasteiger partial charge on any atom is -0.480 e. The topological polar surface area (TPSA) is 102 Å². The van der Waals surface area contributed by atoms with Gasteiger partial charge in [-0.3, -0.25) is 9.59 Å². The molecular formula is C17H17ClN2O4. The Bertz CT molecular complexity index is 719. The van der Waals surface area contributed by atoms with Crippen molar-refractivity contribution in [3.8, 4) is 5.75 Å². The molecule has 0 saturated heterocycles. The Hall–Kier alpha value is -2.57. The molecule has 126 valence electrons. The van der Waals surface area contributed by atoms with Gasteiger partial charge in [0.15, 0.2) is 0 Å². The first-order chi connectivity index (χ1) is 11.5. The van der Waals surface area contributed by atoms with Crippen LogP contribution in [0.4, 0.5) is 0 Å². The number of hydrogen-bond donors (Lipinski definition) is 3. The Balaban J connectivity index is 1.92. The third kappa shape index (κ3) is 4.97. The van der Waals surface area contributed by atoms with Crippen LogP contribution in [0.1, 0.15) is 21.5 Å². The van der Waals surface area contributed by atoms with Crippen LogP contribution in [0.3, 0.4) is 0 Å². The van der Waals surface area contributed by atoms with E-state index in [1.807, 2.05) is 12.1 Å². The molecule has 2 aromatic carbocycles. The molecule has 6 nitrogen and oxygen atoms in total. The van der Waals surface area contributed by atoms with Gasteiger partial charge in [0.25, 0.3) is 5.91 Å². The molecule has 1 amide bonds. The van der Waals surface area contributed by atoms with Crippen LogP contribution in [0, 0.1) is 0 Å². The van der Waals surface area contributed by atoms with Crippen LogP contribution < -0.4 is 15.3 Å². The Kier molecular flexibility index (Phi) is 6.17. The maximum absolute atomic E-state index is 12.1. The second-order valence-corrected chi connectivity index (χ2v) is 5.41. The zero-order valence-electron chi connectivity index (χ0n) is 12.7. The number of aliphatic carboxylic acids is 1. The Morgan fingerprint density at radius 3 is 2.46 bits per heavy atom. The van der Waals surface area contributed by atoms with Gasteiger partial charge in [-0.15, -0.1) is 0 Å². The number of carboxylic acids is 1. The van der Waals surface area contributed by atoms with Gasteiger partial charge in [0.05, 0.1) is 0 Å². The lowest BCUT2D eigenvalue weighted by atomic mass is 10.0. The molecule has 0 spiro atoms. The molecule has 0 fully saturated rings. The number of carbonyl (C=O) groups excluding carboxylic acids is 1. The van der Waals surface area contributed by atoms with Crippen LogP contribution in [0.5, 0.6) is 5.75 Å². The van der Waals surface area contributed by atoms with Gasteiger partial charge in [-0.2, -0.15) is 0 Å². The van der Waals surface area contributed by atoms with Crippen molar-refractivity contribution in [3.63, 3.8) is 0 Å². The van der Waals surface area contributed by atoms with Gasteiger partial charge in [0.2, 0.25) is 0 Å². The standard InChI is InChI=1S/C17H17ClN2O4/c18-24-14-3-1-2-13(9-14)16(21)20-10-12-6-4-11(5-7-12)8-15(19)17(22)23/h1-7,9,15H,8,10,19H2,(H,20,21)(H,22,23). The zero-order valence-corrected chi connectivity index (χ0v) is 13.5. The Labute approximate surface area is 144 Å². The molecule has 0 heterocycles. The number of nitrogens with one attached hydrogen (secondary N) is 1. The van der Waals surface area contributed by atoms with E-state index < -0.39 is 12.0 Å². The molecule has 1 atom stereocenters. The molecule has 0 aliphatic heterocycles. The van der Waals surface area contributed by atoms with Crippen LogP contribution in [0.2, 0.25) is 0 Å². The van der Waals surface area contributed by atoms with E-state index in [1.54, 1.807) is 36.4 Å². The molecule has 0 aromatic heterocycles. The largest absolute Gasteiger partial charge is 0.480 e. The molecule has 0 saturated carbocycles. The summed E-state index contributed by atoms with van der Waals surface area (Å²) in [5, 5.41) is 11.6. The lowest BCUT2D eigenvalue weighted by Crippen LogP contribution is -2.32. The van der Waals surface area contributed by atoms with E-state index in [-0.39, 0.29) is 12.3 Å². The van der Waals surface area contributed by atoms with E-state index in [0.717, 1.165) is 11.1 Å². The molecule has 0 bridgehead atoms. The number of carbonyl (C=O) groups is 2. The summed E-state index contributed by atoms with van der Waals surface area (Å²) in [4.78, 5) is 22.8. The van der Waals surface area contributed by atoms with Gasteiger partial charge in [-0.05, 0) is 35.7 Å². The molecule has 0 aliphatic rings. The van der Waals surface area contributed by atoms with Crippen LogP contribution in [-0.4, -0.2) is 23.0 Å². The summed E-state index contributed by atoms with van der Waals surface area (Å²) in [6.07, 6.45) is 0.257. The van der Waals surface area contributed by atoms with Crippen molar-refractivity contribution in [2.75, 3.05) is 0 Å². The molecule has 4 N–H and O–H groups in total. The van der Waals surface area contributed by atoms with E-state index in [2.05, 4.69) is 9.61 Å². The molecule has 1 unspecified atom stereocenters. The minimum absolute atomic E-state index is 0.248. The summed E-state index contributed by atoms with van der Waals surface area (Å²) >= 11 is 5.27. The highest BCUT2D eigenvalue weighted by molar-refractivity contribution is 6.09. The Morgan fingerprint density at radius 2 is 1.83 bits per heavy atom. The molecule has 2 aromatic rings. The summed E-state index contributed by atoms with van der Waals surface area (Å²) in [7, 11) is 0. The fourth-order valence-electron chi connectivity index (χ4n) is 2.10. The smallest absolute Gasteiger partial charge is 0.320 e. The quantitative estimate of drug-likeness (QED) is 0.711. The summed E-state index contributed by atoms with van der Waals surface area (Å²) in [6.45, 7) is 0.343. The molecule has 0 aliphatic carbocycles. The second-order valence-electron chi connectivity index (χ2n) is 5.25. The maximum Gasteiger partial charge on any atom is 0.320 e. The van der Waals surface area contributed by atoms with Crippen molar-refractivity contribution >= 4 is 23.7 Å². The van der Waals surface area contributed by atoms with Gasteiger partial charge >= 0.3 is 5.97 Å². The first kappa shape index (κ1) is 17.8. The van der Waals surface area contributed by atoms with Crippen molar-refractivity contribution < 1.29 is 19.0 Å². The molecule has 7 heteroatoms. The van der Waals surface area contributed by atoms with E-state index >= 15 is 0 Å². The maximum atomic E-state index is 12.1. The average Bonchev–Trinajstić information content (AvgIpc) is 2.60. The highest BCUT2D eigenvalue weighted by atomic mass is 35.5. The number of halogens is 1. The van der Waals surface area contributed by atoms with Crippen LogP contribution in [0.25, 0.3) is 0 Å². The van der Waals surface area contributed by atoms with E-state index in [1.165, 1.54) is 0 Å². The highest BCUT2D eigenvalue weighted by Gasteiger charge is 2.12. The predicted octanol–water partition coefficient (Wildman–Crippen LogP) is 2.10. The zero-order chi connectivity index (χ0) is 17.5. The van der Waals surface area contributed by atoms with Gasteiger partial charge in [0, 0.05) is 12.1 Å². The first-order valence-corrected chi connectivity index (χ1v) is 7.53. The van der Waals surface area contributed by atoms with Crippen LogP contribution in [0.15, 0.2) is 48.5 Å². The molecular weight excluding hydrogens is 332 g/mol. The van der Waals surface area contributed by atoms with Gasteiger partial charge in [-0.25, -0.2) is 0 Å². The van der Waals surface area contributed by atoms with E-state index in [9.17, 15) is 9.59 Å². The van der Waals surface area contributed by atoms with Crippen LogP contribution >= 0.6 is 11.9 Å². The average molecular weight is 349 g/mol. The SMILES string of the molecule is NC(Cc1ccc(CNC(=O)c2cccc(OCl)c2)cc1)C(=O)O. The highest BCUT2D eigenvalue weighted by Crippen LogP contribution is 2.14. The summed E-state index contributed by atoms with van der Waals surface area (Å²) in [5.41, 5.74) is 7.65. The summed E-state index contributed by atoms with van der Waals surface area (Å²) in [5.74, 6) is -0.888. The van der Waals surface area contributed by atoms with Crippen molar-refractivity contribution in [1.29, 1.82) is 0 Å². The van der Waals surface area contributed by atoms with E-state index in [0.29, 0.717) is 17.9 Å². The Morgan fingerprint density at radius 1 is 1.17 bits per heavy atom. The predicted molar refractivity (Wildman–Crippen MR) is 89.9 cm³/mol. The van der Waals surface area contributed by atoms with E-state index in [4.69, 9.17) is 22.7 Å². The summed E-state index contributed by atoms with van der Waals surface area (Å²) in [6, 6.07) is 12.8. The number of rotatable bonds is 7. The third-order valence-electron chi connectivity index (χ3n) is 3.43. The number of hydrogen-bond acceptors (Lipinski definition) is 4. The number of amides is 1. The van der Waals surface area contributed by atoms with Gasteiger partial charge in [0.1, 0.15) is 23.7 Å². The lowest BCUT2D eigenvalue weighted by molar-refractivity contribution is -0.138. The number of benzene rings is 2. The van der Waals surface area contributed by atoms with Crippen molar-refractivity contribution in [2.45, 2.75) is 19.0 Å². The minimum atomic E-state index is -1.03. The normalized spacial score (nSPS) is 11.6. The number of carboxylic acid groups (broad SMARTS) is 1. The first-order valence-electron chi connectivity index (χ1n) is 7.22. The number of nitrogens with two attached hydrogens (primary N) is 1. The fraction of sp³-hybridized carbons (Fsp3) is 0.176. The van der Waals surface area contributed by atoms with Crippen LogP contribution in [-0.2, 0) is 17.8 Å². The van der Waals surface area contributed by atoms with Crippen molar-refractivity contribution in [1.82, 2.24) is 5.32 Å². The lowest BCUT2D eigenvalue weighted by Gasteiger charge is -2.09. The van der Waals surface area contributed by atoms with Crippen molar-refractivity contribution in [2.24, 2.45) is 5.73 Å². The molecule has 24 heavy (non-hydrogen) atoms. The molecule has 2 rings (SSSR count). The van der Waals surface area contributed by atoms with Gasteiger partial charge in [-0.1, -0.05) is 30.3 Å². The third-order valence-corrected chi connectivity index (χ3v) is 3.61.